The van der Waals surface area contributed by atoms with Gasteiger partial charge in [-0.05, 0) is 50.9 Å². The van der Waals surface area contributed by atoms with Gasteiger partial charge in [0, 0.05) is 37.8 Å². The second-order valence-corrected chi connectivity index (χ2v) is 10.7. The monoisotopic (exact) mass is 467 g/mol. The maximum Gasteiger partial charge on any atom is 0.308 e. The van der Waals surface area contributed by atoms with Gasteiger partial charge < -0.3 is 24.3 Å². The highest BCUT2D eigenvalue weighted by Gasteiger charge is 2.69. The van der Waals surface area contributed by atoms with E-state index in [1.165, 1.54) is 0 Å². The lowest BCUT2D eigenvalue weighted by atomic mass is 9.58. The highest BCUT2D eigenvalue weighted by molar-refractivity contribution is 5.81. The Labute approximate surface area is 195 Å². The molecule has 0 aromatic rings. The van der Waals surface area contributed by atoms with Crippen LogP contribution in [0.5, 0.6) is 0 Å². The zero-order valence-corrected chi connectivity index (χ0v) is 19.9. The van der Waals surface area contributed by atoms with Crippen LogP contribution in [0.1, 0.15) is 72.1 Å². The van der Waals surface area contributed by atoms with Gasteiger partial charge >= 0.3 is 5.97 Å². The minimum absolute atomic E-state index is 0.00224. The van der Waals surface area contributed by atoms with E-state index in [1.54, 1.807) is 0 Å². The molecule has 1 aliphatic carbocycles. The van der Waals surface area contributed by atoms with E-state index in [9.17, 15) is 9.59 Å². The number of carbonyl (C=O) groups is 2. The van der Waals surface area contributed by atoms with E-state index >= 15 is 0 Å². The number of fused-ring (bicyclic) bond motifs is 2. The quantitative estimate of drug-likeness (QED) is 0.470. The van der Waals surface area contributed by atoms with Crippen molar-refractivity contribution in [2.45, 2.75) is 102 Å². The van der Waals surface area contributed by atoms with Crippen LogP contribution in [0.2, 0.25) is 0 Å². The lowest BCUT2D eigenvalue weighted by molar-refractivity contribution is -0.576. The Balaban J connectivity index is 1.20. The predicted octanol–water partition coefficient (Wildman–Crippen LogP) is 2.81. The fraction of sp³-hybridized carbons (Fsp3) is 0.917. The van der Waals surface area contributed by atoms with Crippen molar-refractivity contribution in [1.82, 2.24) is 5.32 Å². The fourth-order valence-corrected chi connectivity index (χ4v) is 6.53. The van der Waals surface area contributed by atoms with Gasteiger partial charge in [-0.1, -0.05) is 13.8 Å². The van der Waals surface area contributed by atoms with E-state index < -0.39 is 29.9 Å². The molecule has 5 heterocycles. The smallest absolute Gasteiger partial charge is 0.308 e. The van der Waals surface area contributed by atoms with Gasteiger partial charge in [0.2, 0.25) is 18.0 Å². The minimum Gasteiger partial charge on any atom is -0.435 e. The van der Waals surface area contributed by atoms with Gasteiger partial charge in [-0.3, -0.25) is 9.59 Å². The van der Waals surface area contributed by atoms with Crippen molar-refractivity contribution in [2.75, 3.05) is 13.2 Å². The molecule has 0 aromatic heterocycles. The molecule has 6 fully saturated rings. The van der Waals surface area contributed by atoms with Crippen molar-refractivity contribution in [3.63, 3.8) is 0 Å². The Morgan fingerprint density at radius 2 is 1.91 bits per heavy atom. The first-order valence-electron chi connectivity index (χ1n) is 12.6. The summed E-state index contributed by atoms with van der Waals surface area (Å²) in [4.78, 5) is 36.6. The predicted molar refractivity (Wildman–Crippen MR) is 114 cm³/mol. The molecule has 33 heavy (non-hydrogen) atoms. The second-order valence-electron chi connectivity index (χ2n) is 10.7. The highest BCUT2D eigenvalue weighted by atomic mass is 17.3. The van der Waals surface area contributed by atoms with Gasteiger partial charge in [0.1, 0.15) is 0 Å². The van der Waals surface area contributed by atoms with Gasteiger partial charge in [-0.15, -0.1) is 0 Å². The van der Waals surface area contributed by atoms with E-state index in [-0.39, 0.29) is 42.6 Å². The van der Waals surface area contributed by atoms with E-state index in [1.807, 2.05) is 13.8 Å². The Morgan fingerprint density at radius 1 is 1.06 bits per heavy atom. The standard InChI is InChI=1S/C24H37NO8/c1-14-6-7-18-15(2)21(29-20(27)9-8-19(26)25-13-16-5-4-12-28-16)30-22-24(18)17(14)10-11-23(3,31-22)32-33-24/h14-18,21-22H,4-13H2,1-3H3,(H,25,26)/t14-,15-,16-,17+,18-,21-,22-,23-,24-/m1/s1. The third kappa shape index (κ3) is 4.31. The molecule has 1 saturated carbocycles. The summed E-state index contributed by atoms with van der Waals surface area (Å²) >= 11 is 0. The van der Waals surface area contributed by atoms with Crippen molar-refractivity contribution in [3.05, 3.63) is 0 Å². The van der Waals surface area contributed by atoms with Crippen molar-refractivity contribution in [3.8, 4) is 0 Å². The van der Waals surface area contributed by atoms with Crippen LogP contribution in [0, 0.1) is 23.7 Å². The first-order chi connectivity index (χ1) is 15.8. The molecule has 6 aliphatic rings. The Kier molecular flexibility index (Phi) is 6.46. The van der Waals surface area contributed by atoms with Crippen LogP contribution < -0.4 is 5.32 Å². The van der Waals surface area contributed by atoms with Gasteiger partial charge in [0.05, 0.1) is 12.5 Å². The summed E-state index contributed by atoms with van der Waals surface area (Å²) in [5.74, 6) is -0.746. The van der Waals surface area contributed by atoms with E-state index in [0.29, 0.717) is 12.5 Å². The van der Waals surface area contributed by atoms with Crippen LogP contribution >= 0.6 is 0 Å². The van der Waals surface area contributed by atoms with Gasteiger partial charge in [-0.2, -0.15) is 0 Å². The molecule has 1 amide bonds. The Hall–Kier alpha value is -1.26. The number of amides is 1. The van der Waals surface area contributed by atoms with E-state index in [2.05, 4.69) is 12.2 Å². The number of rotatable bonds is 6. The molecule has 0 aromatic carbocycles. The molecule has 0 unspecified atom stereocenters. The molecular formula is C24H37NO8. The SMILES string of the molecule is C[C@H]1[C@H](OC(=O)CCC(=O)NC[C@H]2CCCO2)O[C@@H]2O[C@@]3(C)CC[C@H]4[C@H](C)CC[C@H]1[C@@]24OO3. The maximum absolute atomic E-state index is 12.6. The molecule has 9 nitrogen and oxygen atoms in total. The topological polar surface area (TPSA) is 102 Å². The molecule has 1 N–H and O–H groups in total. The highest BCUT2D eigenvalue weighted by Crippen LogP contribution is 2.60. The maximum atomic E-state index is 12.6. The van der Waals surface area contributed by atoms with E-state index in [0.717, 1.165) is 45.1 Å². The number of esters is 1. The van der Waals surface area contributed by atoms with Crippen molar-refractivity contribution in [1.29, 1.82) is 0 Å². The van der Waals surface area contributed by atoms with Crippen molar-refractivity contribution >= 4 is 11.9 Å². The molecule has 6 rings (SSSR count). The molecule has 186 valence electrons. The van der Waals surface area contributed by atoms with Gasteiger partial charge in [0.25, 0.3) is 0 Å². The number of hydrogen-bond donors (Lipinski definition) is 1. The zero-order chi connectivity index (χ0) is 23.2. The summed E-state index contributed by atoms with van der Waals surface area (Å²) in [7, 11) is 0. The first-order valence-corrected chi connectivity index (χ1v) is 12.6. The van der Waals surface area contributed by atoms with Gasteiger partial charge in [-0.25, -0.2) is 9.78 Å². The van der Waals surface area contributed by atoms with Crippen molar-refractivity contribution in [2.24, 2.45) is 23.7 Å². The van der Waals surface area contributed by atoms with Crippen molar-refractivity contribution < 1.29 is 38.3 Å². The fourth-order valence-electron chi connectivity index (χ4n) is 6.53. The molecule has 5 saturated heterocycles. The summed E-state index contributed by atoms with van der Waals surface area (Å²) in [6.07, 6.45) is 4.44. The lowest BCUT2D eigenvalue weighted by Crippen LogP contribution is -2.70. The normalized spacial score (nSPS) is 46.3. The van der Waals surface area contributed by atoms with Crippen LogP contribution in [0.25, 0.3) is 0 Å². The Morgan fingerprint density at radius 3 is 2.70 bits per heavy atom. The van der Waals surface area contributed by atoms with E-state index in [4.69, 9.17) is 28.7 Å². The molecule has 1 spiro atoms. The number of nitrogens with one attached hydrogen (secondary N) is 1. The summed E-state index contributed by atoms with van der Waals surface area (Å²) < 4.78 is 23.8. The molecule has 0 radical (unpaired) electrons. The second kappa shape index (κ2) is 9.07. The molecular weight excluding hydrogens is 430 g/mol. The number of carbonyl (C=O) groups excluding carboxylic acids is 2. The first kappa shape index (κ1) is 23.5. The third-order valence-electron chi connectivity index (χ3n) is 8.45. The summed E-state index contributed by atoms with van der Waals surface area (Å²) in [6, 6.07) is 0. The molecule has 9 heteroatoms. The summed E-state index contributed by atoms with van der Waals surface area (Å²) in [5.41, 5.74) is -0.682. The molecule has 5 aliphatic heterocycles. The molecule has 2 bridgehead atoms. The number of hydrogen-bond acceptors (Lipinski definition) is 8. The molecule has 9 atom stereocenters. The average Bonchev–Trinajstić information content (AvgIpc) is 3.21. The third-order valence-corrected chi connectivity index (χ3v) is 8.45. The van der Waals surface area contributed by atoms with Crippen LogP contribution in [-0.2, 0) is 38.3 Å². The van der Waals surface area contributed by atoms with Crippen LogP contribution in [0.3, 0.4) is 0 Å². The minimum atomic E-state index is -0.867. The average molecular weight is 468 g/mol. The van der Waals surface area contributed by atoms with Gasteiger partial charge in [0.15, 0.2) is 11.9 Å². The Bertz CT molecular complexity index is 757. The zero-order valence-electron chi connectivity index (χ0n) is 19.9. The van der Waals surface area contributed by atoms with Crippen LogP contribution in [-0.4, -0.2) is 55.1 Å². The van der Waals surface area contributed by atoms with Crippen LogP contribution in [0.4, 0.5) is 0 Å². The number of ether oxygens (including phenoxy) is 4. The summed E-state index contributed by atoms with van der Waals surface area (Å²) in [5, 5.41) is 2.84. The summed E-state index contributed by atoms with van der Waals surface area (Å²) in [6.45, 7) is 7.40. The van der Waals surface area contributed by atoms with Crippen LogP contribution in [0.15, 0.2) is 0 Å². The lowest BCUT2D eigenvalue weighted by Gasteiger charge is -2.59. The largest absolute Gasteiger partial charge is 0.435 e.